The number of ether oxygens (including phenoxy) is 1. The lowest BCUT2D eigenvalue weighted by Crippen LogP contribution is -2.11. The van der Waals surface area contributed by atoms with E-state index in [4.69, 9.17) is 21.1 Å². The summed E-state index contributed by atoms with van der Waals surface area (Å²) < 4.78 is 5.41. The van der Waals surface area contributed by atoms with Gasteiger partial charge in [-0.1, -0.05) is 20.3 Å². The Morgan fingerprint density at radius 3 is 2.10 bits per heavy atom. The van der Waals surface area contributed by atoms with Crippen molar-refractivity contribution in [3.8, 4) is 5.75 Å². The van der Waals surface area contributed by atoms with Gasteiger partial charge >= 0.3 is 0 Å². The van der Waals surface area contributed by atoms with Crippen LogP contribution in [0.3, 0.4) is 0 Å². The first-order valence-electron chi connectivity index (χ1n) is 6.83. The molecule has 0 aliphatic carbocycles. The Balaban J connectivity index is 0. The highest BCUT2D eigenvalue weighted by Crippen LogP contribution is 2.12. The molecule has 6 N–H and O–H groups in total. The summed E-state index contributed by atoms with van der Waals surface area (Å²) in [6.07, 6.45) is 2.22. The van der Waals surface area contributed by atoms with Gasteiger partial charge in [-0.2, -0.15) is 0 Å². The van der Waals surface area contributed by atoms with E-state index in [1.165, 1.54) is 6.42 Å². The van der Waals surface area contributed by atoms with Gasteiger partial charge in [0.25, 0.3) is 0 Å². The van der Waals surface area contributed by atoms with Crippen molar-refractivity contribution in [3.05, 3.63) is 29.8 Å². The van der Waals surface area contributed by atoms with Crippen LogP contribution in [0.4, 0.5) is 0 Å². The summed E-state index contributed by atoms with van der Waals surface area (Å²) in [5, 5.41) is 13.9. The van der Waals surface area contributed by atoms with E-state index in [0.29, 0.717) is 25.2 Å². The van der Waals surface area contributed by atoms with Crippen LogP contribution in [0.5, 0.6) is 5.75 Å². The van der Waals surface area contributed by atoms with Crippen molar-refractivity contribution in [1.29, 1.82) is 5.41 Å². The molecule has 0 bridgehead atoms. The molecule has 0 radical (unpaired) electrons. The lowest BCUT2D eigenvalue weighted by molar-refractivity contribution is -0.118. The van der Waals surface area contributed by atoms with E-state index in [1.54, 1.807) is 6.92 Å². The highest BCUT2D eigenvalue weighted by molar-refractivity contribution is 5.96. The van der Waals surface area contributed by atoms with Crippen molar-refractivity contribution >= 4 is 11.6 Å². The zero-order valence-corrected chi connectivity index (χ0v) is 13.1. The number of carbonyl (C=O) groups excluding carboxylic acids is 1. The molecule has 0 aromatic heterocycles. The number of carbonyl (C=O) groups is 1. The van der Waals surface area contributed by atoms with Gasteiger partial charge in [0.15, 0.2) is 0 Å². The summed E-state index contributed by atoms with van der Waals surface area (Å²) in [4.78, 5) is 10.5. The van der Waals surface area contributed by atoms with Crippen LogP contribution in [0.2, 0.25) is 0 Å². The second-order valence-electron chi connectivity index (χ2n) is 4.27. The standard InChI is InChI=1S/C12H16N2O2.C3H8.H3NO/c1-9(13)10-4-6-11(7-5-10)16-8-2-3-12(14)15;1-3-2;1-2/h4-7,13H,2-3,8H2,1H3,(H2,14,15);3H2,1-2H3;2H,1H2. The summed E-state index contributed by atoms with van der Waals surface area (Å²) in [6, 6.07) is 7.31. The molecule has 21 heavy (non-hydrogen) atoms. The van der Waals surface area contributed by atoms with Gasteiger partial charge in [-0.3, -0.25) is 4.79 Å². The molecule has 0 aliphatic heterocycles. The van der Waals surface area contributed by atoms with E-state index in [1.807, 2.05) is 24.3 Å². The summed E-state index contributed by atoms with van der Waals surface area (Å²) in [7, 11) is 0. The zero-order chi connectivity index (χ0) is 16.7. The Labute approximate surface area is 126 Å². The molecule has 0 saturated heterocycles. The van der Waals surface area contributed by atoms with E-state index in [-0.39, 0.29) is 5.91 Å². The quantitative estimate of drug-likeness (QED) is 0.366. The smallest absolute Gasteiger partial charge is 0.217 e. The van der Waals surface area contributed by atoms with Crippen molar-refractivity contribution in [2.75, 3.05) is 6.61 Å². The second kappa shape index (κ2) is 14.5. The molecule has 0 heterocycles. The molecule has 6 heteroatoms. The summed E-state index contributed by atoms with van der Waals surface area (Å²) in [6.45, 7) is 6.47. The normalized spacial score (nSPS) is 8.62. The highest BCUT2D eigenvalue weighted by Gasteiger charge is 1.98. The van der Waals surface area contributed by atoms with Crippen molar-refractivity contribution in [1.82, 2.24) is 0 Å². The average Bonchev–Trinajstić information content (AvgIpc) is 2.47. The molecule has 1 aromatic rings. The third-order valence-electron chi connectivity index (χ3n) is 2.12. The summed E-state index contributed by atoms with van der Waals surface area (Å²) in [5.41, 5.74) is 6.41. The predicted octanol–water partition coefficient (Wildman–Crippen LogP) is 2.47. The Morgan fingerprint density at radius 1 is 1.24 bits per heavy atom. The molecule has 0 saturated carbocycles. The number of hydrogen-bond acceptors (Lipinski definition) is 5. The number of hydrogen-bond donors (Lipinski definition) is 4. The van der Waals surface area contributed by atoms with Crippen LogP contribution >= 0.6 is 0 Å². The van der Waals surface area contributed by atoms with Crippen molar-refractivity contribution < 1.29 is 14.7 Å². The van der Waals surface area contributed by atoms with Gasteiger partial charge in [0, 0.05) is 12.1 Å². The topological polar surface area (TPSA) is 122 Å². The minimum atomic E-state index is -0.307. The van der Waals surface area contributed by atoms with Crippen LogP contribution in [0.15, 0.2) is 24.3 Å². The lowest BCUT2D eigenvalue weighted by Gasteiger charge is -2.06. The molecule has 0 aliphatic rings. The minimum absolute atomic E-state index is 0.307. The number of nitrogens with two attached hydrogens (primary N) is 2. The van der Waals surface area contributed by atoms with Crippen molar-refractivity contribution in [3.63, 3.8) is 0 Å². The van der Waals surface area contributed by atoms with Crippen LogP contribution in [0.1, 0.15) is 45.6 Å². The minimum Gasteiger partial charge on any atom is -0.494 e. The van der Waals surface area contributed by atoms with Crippen LogP contribution in [0, 0.1) is 5.41 Å². The fraction of sp³-hybridized carbons (Fsp3) is 0.467. The molecular weight excluding hydrogens is 270 g/mol. The van der Waals surface area contributed by atoms with Gasteiger partial charge in [0.05, 0.1) is 6.61 Å². The number of primary amides is 1. The summed E-state index contributed by atoms with van der Waals surface area (Å²) in [5.74, 6) is 3.94. The number of benzene rings is 1. The van der Waals surface area contributed by atoms with Gasteiger partial charge in [-0.25, -0.2) is 5.90 Å². The average molecular weight is 297 g/mol. The van der Waals surface area contributed by atoms with Crippen LogP contribution in [-0.4, -0.2) is 23.4 Å². The number of rotatable bonds is 6. The van der Waals surface area contributed by atoms with Gasteiger partial charge in [0.1, 0.15) is 5.75 Å². The molecule has 1 aromatic carbocycles. The molecule has 6 nitrogen and oxygen atoms in total. The summed E-state index contributed by atoms with van der Waals surface area (Å²) >= 11 is 0. The molecule has 0 spiro atoms. The maximum Gasteiger partial charge on any atom is 0.217 e. The first kappa shape index (κ1) is 21.4. The molecule has 0 fully saturated rings. The fourth-order valence-electron chi connectivity index (χ4n) is 1.24. The third-order valence-corrected chi connectivity index (χ3v) is 2.12. The van der Waals surface area contributed by atoms with Crippen LogP contribution < -0.4 is 16.4 Å². The first-order chi connectivity index (χ1) is 10.0. The SMILES string of the molecule is CC(=N)c1ccc(OCCCC(N)=O)cc1.CCC.NO. The van der Waals surface area contributed by atoms with E-state index in [2.05, 4.69) is 19.7 Å². The predicted molar refractivity (Wildman–Crippen MR) is 84.8 cm³/mol. The first-order valence-corrected chi connectivity index (χ1v) is 6.83. The highest BCUT2D eigenvalue weighted by atomic mass is 16.5. The molecular formula is C15H27N3O3. The fourth-order valence-corrected chi connectivity index (χ4v) is 1.24. The second-order valence-corrected chi connectivity index (χ2v) is 4.27. The zero-order valence-electron chi connectivity index (χ0n) is 13.1. The Bertz CT molecular complexity index is 392. The molecule has 120 valence electrons. The van der Waals surface area contributed by atoms with E-state index in [9.17, 15) is 4.79 Å². The van der Waals surface area contributed by atoms with Crippen molar-refractivity contribution in [2.24, 2.45) is 11.6 Å². The molecule has 0 atom stereocenters. The van der Waals surface area contributed by atoms with Crippen LogP contribution in [0.25, 0.3) is 0 Å². The van der Waals surface area contributed by atoms with Gasteiger partial charge in [-0.15, -0.1) is 0 Å². The largest absolute Gasteiger partial charge is 0.494 e. The Morgan fingerprint density at radius 2 is 1.71 bits per heavy atom. The van der Waals surface area contributed by atoms with Crippen LogP contribution in [-0.2, 0) is 4.79 Å². The molecule has 1 amide bonds. The van der Waals surface area contributed by atoms with Gasteiger partial charge in [0.2, 0.25) is 5.91 Å². The van der Waals surface area contributed by atoms with E-state index in [0.717, 1.165) is 11.3 Å². The Hall–Kier alpha value is -1.92. The number of amides is 1. The number of nitrogens with one attached hydrogen (secondary N) is 1. The van der Waals surface area contributed by atoms with E-state index < -0.39 is 0 Å². The molecule has 1 rings (SSSR count). The van der Waals surface area contributed by atoms with Gasteiger partial charge in [-0.05, 0) is 43.2 Å². The molecule has 0 unspecified atom stereocenters. The van der Waals surface area contributed by atoms with Crippen molar-refractivity contribution in [2.45, 2.75) is 40.0 Å². The maximum atomic E-state index is 10.5. The van der Waals surface area contributed by atoms with Gasteiger partial charge < -0.3 is 21.1 Å². The Kier molecular flexibility index (Phi) is 14.8. The lowest BCUT2D eigenvalue weighted by atomic mass is 10.1. The third kappa shape index (κ3) is 12.8. The van der Waals surface area contributed by atoms with E-state index >= 15 is 0 Å². The maximum absolute atomic E-state index is 10.5. The monoisotopic (exact) mass is 297 g/mol.